The van der Waals surface area contributed by atoms with Crippen LogP contribution >= 0.6 is 0 Å². The third-order valence-corrected chi connectivity index (χ3v) is 6.68. The number of benzene rings is 3. The molecule has 36 heavy (non-hydrogen) atoms. The summed E-state index contributed by atoms with van der Waals surface area (Å²) in [6, 6.07) is -12.1. The Bertz CT molecular complexity index is 2220. The van der Waals surface area contributed by atoms with Crippen molar-refractivity contribution >= 4 is 16.8 Å². The Labute approximate surface area is 236 Å². The molecule has 2 unspecified atom stereocenters. The topological polar surface area (TPSA) is 41.6 Å². The largest absolute Gasteiger partial charge is 0.419 e. The van der Waals surface area contributed by atoms with Crippen molar-refractivity contribution in [1.82, 2.24) is 9.47 Å². The van der Waals surface area contributed by atoms with Crippen LogP contribution in [0.25, 0.3) is 22.2 Å². The van der Waals surface area contributed by atoms with Crippen molar-refractivity contribution in [3.8, 4) is 11.1 Å². The predicted molar refractivity (Wildman–Crippen MR) is 149 cm³/mol. The highest BCUT2D eigenvalue weighted by Crippen LogP contribution is 2.40. The van der Waals surface area contributed by atoms with Gasteiger partial charge < -0.3 is 9.32 Å². The Morgan fingerprint density at radius 3 is 2.64 bits per heavy atom. The number of aryl methyl sites for hydroxylation is 2. The maximum absolute atomic E-state index is 12.7. The summed E-state index contributed by atoms with van der Waals surface area (Å²) in [7, 11) is 1.35. The standard InChI is InChI=1S/C31H37N3O2/c1-20-11-8-9-14-26(20)25-13-10-12-24(19-25)22(3)33-17-18-34(31(5,6)23(33)4)27-16-15-21(2)28-29(27)36-30(35)32(28)7/h8-16,19,22-23H,17-18H2,1-7H3/i8D,9D,10D,11D,12D,13D,14D,15D,16D,17D2,18D2,19D,22D,23D. The molecule has 5 heteroatoms. The van der Waals surface area contributed by atoms with E-state index in [-0.39, 0.29) is 27.8 Å². The number of anilines is 1. The van der Waals surface area contributed by atoms with Gasteiger partial charge in [0.2, 0.25) is 0 Å². The molecule has 188 valence electrons. The van der Waals surface area contributed by atoms with Crippen LogP contribution in [0.2, 0.25) is 0 Å². The predicted octanol–water partition coefficient (Wildman–Crippen LogP) is 6.47. The van der Waals surface area contributed by atoms with Crippen LogP contribution in [0.15, 0.2) is 69.6 Å². The van der Waals surface area contributed by atoms with E-state index in [9.17, 15) is 14.4 Å². The fourth-order valence-corrected chi connectivity index (χ4v) is 4.27. The van der Waals surface area contributed by atoms with E-state index < -0.39 is 114 Å². The molecule has 0 amide bonds. The summed E-state index contributed by atoms with van der Waals surface area (Å²) in [6.45, 7) is 0.810. The first kappa shape index (κ1) is 11.8. The normalized spacial score (nSPS) is 31.1. The van der Waals surface area contributed by atoms with Crippen molar-refractivity contribution < 1.29 is 26.3 Å². The lowest BCUT2D eigenvalue weighted by Gasteiger charge is -2.54. The molecule has 1 aromatic heterocycles. The maximum atomic E-state index is 12.7. The number of rotatable bonds is 4. The van der Waals surface area contributed by atoms with Crippen LogP contribution in [0.1, 0.15) is 72.3 Å². The Balaban J connectivity index is 1.87. The van der Waals surface area contributed by atoms with E-state index in [0.717, 1.165) is 23.3 Å². The monoisotopic (exact) mass is 499 g/mol. The van der Waals surface area contributed by atoms with E-state index in [4.69, 9.17) is 16.8 Å². The average molecular weight is 500 g/mol. The summed E-state index contributed by atoms with van der Waals surface area (Å²) in [4.78, 5) is 14.0. The van der Waals surface area contributed by atoms with E-state index >= 15 is 0 Å². The van der Waals surface area contributed by atoms with Crippen molar-refractivity contribution in [3.05, 3.63) is 87.7 Å². The molecule has 1 aliphatic rings. The minimum Gasteiger partial charge on any atom is -0.405 e. The molecule has 0 radical (unpaired) electrons. The van der Waals surface area contributed by atoms with E-state index in [1.54, 1.807) is 0 Å². The summed E-state index contributed by atoms with van der Waals surface area (Å²) >= 11 is 0. The minimum atomic E-state index is -3.45. The number of nitrogens with zero attached hydrogens (tertiary/aromatic N) is 3. The summed E-state index contributed by atoms with van der Waals surface area (Å²) < 4.78 is 150. The molecule has 0 spiro atoms. The molecule has 0 saturated carbocycles. The van der Waals surface area contributed by atoms with Crippen LogP contribution in [0.4, 0.5) is 5.69 Å². The van der Waals surface area contributed by atoms with Gasteiger partial charge in [0.15, 0.2) is 5.58 Å². The van der Waals surface area contributed by atoms with E-state index in [2.05, 4.69) is 0 Å². The lowest BCUT2D eigenvalue weighted by molar-refractivity contribution is 0.0747. The maximum Gasteiger partial charge on any atom is 0.419 e. The molecule has 1 aliphatic heterocycles. The molecule has 0 aliphatic carbocycles. The molecular formula is C31H37N3O2. The Hall–Kier alpha value is -3.31. The zero-order valence-corrected chi connectivity index (χ0v) is 21.2. The number of fused-ring (bicyclic) bond motifs is 1. The lowest BCUT2D eigenvalue weighted by Crippen LogP contribution is -2.65. The first-order valence-electron chi connectivity index (χ1n) is 19.3. The molecule has 5 nitrogen and oxygen atoms in total. The highest BCUT2D eigenvalue weighted by Gasteiger charge is 2.43. The fourth-order valence-electron chi connectivity index (χ4n) is 4.27. The first-order valence-corrected chi connectivity index (χ1v) is 11.3. The molecule has 0 N–H and O–H groups in total. The quantitative estimate of drug-likeness (QED) is 0.323. The highest BCUT2D eigenvalue weighted by atomic mass is 16.4. The molecule has 4 aromatic rings. The molecule has 1 saturated heterocycles. The fraction of sp³-hybridized carbons (Fsp3) is 0.387. The van der Waals surface area contributed by atoms with Gasteiger partial charge in [0, 0.05) is 41.7 Å². The molecule has 0 bridgehead atoms. The van der Waals surface area contributed by atoms with Gasteiger partial charge in [0.05, 0.1) is 29.0 Å². The second-order valence-electron chi connectivity index (χ2n) is 9.20. The molecule has 2 atom stereocenters. The van der Waals surface area contributed by atoms with Crippen LogP contribution in [0.5, 0.6) is 0 Å². The molecule has 2 heterocycles. The summed E-state index contributed by atoms with van der Waals surface area (Å²) in [5, 5.41) is 0. The molecule has 3 aromatic carbocycles. The first-order chi connectivity index (χ1) is 23.5. The lowest BCUT2D eigenvalue weighted by atomic mass is 9.86. The number of hydrogen-bond acceptors (Lipinski definition) is 4. The molecule has 1 fully saturated rings. The van der Waals surface area contributed by atoms with Gasteiger partial charge in [-0.15, -0.1) is 0 Å². The number of oxazole rings is 1. The second kappa shape index (κ2) is 8.97. The Morgan fingerprint density at radius 1 is 1.11 bits per heavy atom. The van der Waals surface area contributed by atoms with Crippen molar-refractivity contribution in [1.29, 1.82) is 0 Å². The third kappa shape index (κ3) is 3.86. The van der Waals surface area contributed by atoms with Gasteiger partial charge in [-0.2, -0.15) is 0 Å². The smallest absolute Gasteiger partial charge is 0.405 e. The van der Waals surface area contributed by atoms with Crippen molar-refractivity contribution in [2.75, 3.05) is 17.9 Å². The number of aromatic nitrogens is 1. The SMILES string of the molecule is [2H]c1c([2H])c([2H])c(-c2c([2H])c([2H])c([2H])c(C([2H])(C)N3C([2H])([2H])C([2H])([2H])N(c4c([2H])c([2H])c(C)c5c4oc(=O)n5C)C(C)(C)C3([2H])C)c2[2H])c(C)c1[2H]. The van der Waals surface area contributed by atoms with Crippen LogP contribution in [-0.2, 0) is 7.05 Å². The van der Waals surface area contributed by atoms with Gasteiger partial charge >= 0.3 is 5.76 Å². The van der Waals surface area contributed by atoms with Gasteiger partial charge in [-0.3, -0.25) is 9.47 Å². The Morgan fingerprint density at radius 2 is 1.86 bits per heavy atom. The Kier molecular flexibility index (Phi) is 2.95. The third-order valence-electron chi connectivity index (χ3n) is 6.68. The second-order valence-corrected chi connectivity index (χ2v) is 9.20. The van der Waals surface area contributed by atoms with Gasteiger partial charge in [0.25, 0.3) is 0 Å². The molecular weight excluding hydrogens is 446 g/mol. The van der Waals surface area contributed by atoms with Gasteiger partial charge in [-0.05, 0) is 81.4 Å². The molecule has 5 rings (SSSR count). The van der Waals surface area contributed by atoms with E-state index in [1.807, 2.05) is 0 Å². The van der Waals surface area contributed by atoms with Gasteiger partial charge in [-0.1, -0.05) is 48.3 Å². The van der Waals surface area contributed by atoms with Crippen molar-refractivity contribution in [3.63, 3.8) is 0 Å². The van der Waals surface area contributed by atoms with Gasteiger partial charge in [-0.25, -0.2) is 4.79 Å². The van der Waals surface area contributed by atoms with Crippen LogP contribution in [-0.4, -0.2) is 34.0 Å². The van der Waals surface area contributed by atoms with Crippen molar-refractivity contribution in [2.45, 2.75) is 59.1 Å². The van der Waals surface area contributed by atoms with Crippen LogP contribution < -0.4 is 10.7 Å². The highest BCUT2D eigenvalue weighted by molar-refractivity contribution is 5.90. The zero-order chi connectivity index (χ0) is 39.9. The van der Waals surface area contributed by atoms with E-state index in [1.165, 1.54) is 34.7 Å². The average Bonchev–Trinajstić information content (AvgIpc) is 3.32. The minimum absolute atomic E-state index is 0.0467. The zero-order valence-electron chi connectivity index (χ0n) is 37.2. The van der Waals surface area contributed by atoms with Crippen LogP contribution in [0, 0.1) is 13.8 Å². The summed E-state index contributed by atoms with van der Waals surface area (Å²) in [6.07, 6.45) is 0. The summed E-state index contributed by atoms with van der Waals surface area (Å²) in [5.41, 5.74) is -4.30. The number of hydrogen-bond donors (Lipinski definition) is 0. The van der Waals surface area contributed by atoms with Crippen molar-refractivity contribution in [2.24, 2.45) is 7.05 Å². The van der Waals surface area contributed by atoms with Crippen LogP contribution in [0.3, 0.4) is 0 Å². The van der Waals surface area contributed by atoms with Gasteiger partial charge in [0.1, 0.15) is 0 Å². The summed E-state index contributed by atoms with van der Waals surface area (Å²) in [5.74, 6) is -0.902. The number of piperazine rings is 1. The van der Waals surface area contributed by atoms with E-state index in [0.29, 0.717) is 4.90 Å².